The van der Waals surface area contributed by atoms with E-state index in [-0.39, 0.29) is 0 Å². The standard InChI is InChI=1S/C30H47N3O2/c1-4-22-33(27-16-17-28-25(24-27)15-18-29(34-2)30(28)35-3)23-12-6-5-9-19-31-20-10-7-13-26-14-8-11-21-32-26/h8,11,14-15,18,21,27,31H,4-7,9-10,12-13,16-17,19-20,22-24H2,1-3H3/t27-/m0/s1. The van der Waals surface area contributed by atoms with E-state index in [2.05, 4.69) is 46.4 Å². The molecule has 1 aromatic carbocycles. The van der Waals surface area contributed by atoms with Crippen molar-refractivity contribution in [1.29, 1.82) is 0 Å². The van der Waals surface area contributed by atoms with E-state index in [9.17, 15) is 0 Å². The predicted molar refractivity (Wildman–Crippen MR) is 146 cm³/mol. The van der Waals surface area contributed by atoms with Crippen LogP contribution in [0.4, 0.5) is 0 Å². The first-order valence-electron chi connectivity index (χ1n) is 13.8. The Balaban J connectivity index is 1.29. The number of hydrogen-bond acceptors (Lipinski definition) is 5. The fraction of sp³-hybridized carbons (Fsp3) is 0.633. The summed E-state index contributed by atoms with van der Waals surface area (Å²) in [6.07, 6.45) is 15.3. The van der Waals surface area contributed by atoms with Gasteiger partial charge in [-0.3, -0.25) is 4.98 Å². The number of benzene rings is 1. The van der Waals surface area contributed by atoms with Crippen molar-refractivity contribution in [2.45, 2.75) is 83.6 Å². The maximum atomic E-state index is 5.69. The summed E-state index contributed by atoms with van der Waals surface area (Å²) in [5.41, 5.74) is 4.00. The molecule has 35 heavy (non-hydrogen) atoms. The predicted octanol–water partition coefficient (Wildman–Crippen LogP) is 5.84. The molecule has 0 unspecified atom stereocenters. The van der Waals surface area contributed by atoms with Crippen LogP contribution in [0.3, 0.4) is 0 Å². The number of aromatic nitrogens is 1. The van der Waals surface area contributed by atoms with Crippen molar-refractivity contribution >= 4 is 0 Å². The summed E-state index contributed by atoms with van der Waals surface area (Å²) in [6.45, 7) is 7.00. The van der Waals surface area contributed by atoms with Crippen molar-refractivity contribution < 1.29 is 9.47 Å². The molecular weight excluding hydrogens is 434 g/mol. The lowest BCUT2D eigenvalue weighted by Crippen LogP contribution is -2.40. The van der Waals surface area contributed by atoms with Gasteiger partial charge in [-0.2, -0.15) is 0 Å². The Hall–Kier alpha value is -2.11. The van der Waals surface area contributed by atoms with Gasteiger partial charge in [0.05, 0.1) is 14.2 Å². The van der Waals surface area contributed by atoms with Gasteiger partial charge in [0.25, 0.3) is 0 Å². The number of methoxy groups -OCH3 is 2. The smallest absolute Gasteiger partial charge is 0.164 e. The van der Waals surface area contributed by atoms with Gasteiger partial charge in [0, 0.05) is 23.5 Å². The summed E-state index contributed by atoms with van der Waals surface area (Å²) >= 11 is 0. The number of nitrogens with one attached hydrogen (secondary N) is 1. The zero-order valence-electron chi connectivity index (χ0n) is 22.4. The van der Waals surface area contributed by atoms with Gasteiger partial charge in [-0.15, -0.1) is 0 Å². The number of unbranched alkanes of at least 4 members (excludes halogenated alkanes) is 4. The first-order chi connectivity index (χ1) is 17.3. The number of aryl methyl sites for hydroxylation is 1. The maximum absolute atomic E-state index is 5.69. The van der Waals surface area contributed by atoms with Crippen molar-refractivity contribution in [3.63, 3.8) is 0 Å². The molecule has 0 saturated carbocycles. The molecule has 5 heteroatoms. The van der Waals surface area contributed by atoms with Crippen LogP contribution >= 0.6 is 0 Å². The summed E-state index contributed by atoms with van der Waals surface area (Å²) in [6, 6.07) is 11.1. The van der Waals surface area contributed by atoms with E-state index < -0.39 is 0 Å². The highest BCUT2D eigenvalue weighted by Gasteiger charge is 2.27. The van der Waals surface area contributed by atoms with Crippen molar-refractivity contribution in [3.05, 3.63) is 53.3 Å². The van der Waals surface area contributed by atoms with E-state index >= 15 is 0 Å². The second kappa shape index (κ2) is 15.8. The average Bonchev–Trinajstić information content (AvgIpc) is 2.90. The summed E-state index contributed by atoms with van der Waals surface area (Å²) in [5, 5.41) is 3.62. The molecule has 0 bridgehead atoms. The van der Waals surface area contributed by atoms with Crippen LogP contribution in [-0.2, 0) is 19.3 Å². The molecule has 0 spiro atoms. The van der Waals surface area contributed by atoms with Crippen LogP contribution in [0.25, 0.3) is 0 Å². The van der Waals surface area contributed by atoms with Crippen molar-refractivity contribution in [1.82, 2.24) is 15.2 Å². The first-order valence-corrected chi connectivity index (χ1v) is 13.8. The van der Waals surface area contributed by atoms with Gasteiger partial charge in [0.15, 0.2) is 11.5 Å². The highest BCUT2D eigenvalue weighted by atomic mass is 16.5. The monoisotopic (exact) mass is 481 g/mol. The first kappa shape index (κ1) is 27.5. The van der Waals surface area contributed by atoms with Crippen LogP contribution < -0.4 is 14.8 Å². The molecule has 1 aliphatic carbocycles. The van der Waals surface area contributed by atoms with E-state index in [1.54, 1.807) is 14.2 Å². The molecule has 0 aliphatic heterocycles. The Morgan fingerprint density at radius 3 is 2.51 bits per heavy atom. The second-order valence-corrected chi connectivity index (χ2v) is 9.81. The Labute approximate surface area is 213 Å². The highest BCUT2D eigenvalue weighted by Crippen LogP contribution is 2.38. The quantitative estimate of drug-likeness (QED) is 0.288. The molecule has 0 fully saturated rings. The van der Waals surface area contributed by atoms with Crippen LogP contribution in [-0.4, -0.2) is 56.3 Å². The fourth-order valence-electron chi connectivity index (χ4n) is 5.39. The Kier molecular flexibility index (Phi) is 12.4. The number of pyridine rings is 1. The Morgan fingerprint density at radius 1 is 0.943 bits per heavy atom. The molecule has 1 heterocycles. The van der Waals surface area contributed by atoms with Crippen LogP contribution in [0, 0.1) is 0 Å². The average molecular weight is 482 g/mol. The summed E-state index contributed by atoms with van der Waals surface area (Å²) in [4.78, 5) is 7.15. The number of hydrogen-bond donors (Lipinski definition) is 1. The van der Waals surface area contributed by atoms with Crippen LogP contribution in [0.1, 0.15) is 75.1 Å². The van der Waals surface area contributed by atoms with Gasteiger partial charge in [0.2, 0.25) is 0 Å². The lowest BCUT2D eigenvalue weighted by atomic mass is 9.86. The molecule has 2 aromatic rings. The SMILES string of the molecule is CCCN(CCCCCCNCCCCc1ccccn1)[C@H]1CCc2c(ccc(OC)c2OC)C1. The normalized spacial score (nSPS) is 15.3. The van der Waals surface area contributed by atoms with Gasteiger partial charge in [-0.1, -0.05) is 31.9 Å². The van der Waals surface area contributed by atoms with Gasteiger partial charge in [0.1, 0.15) is 0 Å². The van der Waals surface area contributed by atoms with Crippen LogP contribution in [0.15, 0.2) is 36.5 Å². The van der Waals surface area contributed by atoms with Gasteiger partial charge in [-0.25, -0.2) is 0 Å². The fourth-order valence-corrected chi connectivity index (χ4v) is 5.39. The van der Waals surface area contributed by atoms with Crippen molar-refractivity contribution in [3.8, 4) is 11.5 Å². The molecule has 1 N–H and O–H groups in total. The van der Waals surface area contributed by atoms with E-state index in [1.165, 1.54) is 81.3 Å². The third-order valence-electron chi connectivity index (χ3n) is 7.27. The van der Waals surface area contributed by atoms with E-state index in [0.717, 1.165) is 43.9 Å². The highest BCUT2D eigenvalue weighted by molar-refractivity contribution is 5.52. The van der Waals surface area contributed by atoms with Crippen molar-refractivity contribution in [2.24, 2.45) is 0 Å². The maximum Gasteiger partial charge on any atom is 0.164 e. The molecular formula is C30H47N3O2. The minimum Gasteiger partial charge on any atom is -0.493 e. The van der Waals surface area contributed by atoms with Gasteiger partial charge >= 0.3 is 0 Å². The summed E-state index contributed by atoms with van der Waals surface area (Å²) in [5.74, 6) is 1.79. The molecule has 0 saturated heterocycles. The van der Waals surface area contributed by atoms with Crippen molar-refractivity contribution in [2.75, 3.05) is 40.4 Å². The third-order valence-corrected chi connectivity index (χ3v) is 7.27. The van der Waals surface area contributed by atoms with Gasteiger partial charge < -0.3 is 19.7 Å². The lowest BCUT2D eigenvalue weighted by Gasteiger charge is -2.36. The third kappa shape index (κ3) is 8.80. The summed E-state index contributed by atoms with van der Waals surface area (Å²) in [7, 11) is 3.48. The molecule has 194 valence electrons. The second-order valence-electron chi connectivity index (χ2n) is 9.81. The largest absolute Gasteiger partial charge is 0.493 e. The van der Waals surface area contributed by atoms with E-state index in [4.69, 9.17) is 9.47 Å². The Bertz CT molecular complexity index is 843. The number of ether oxygens (including phenoxy) is 2. The minimum absolute atomic E-state index is 0.647. The lowest BCUT2D eigenvalue weighted by molar-refractivity contribution is 0.175. The van der Waals surface area contributed by atoms with Gasteiger partial charge in [-0.05, 0) is 108 Å². The molecule has 5 nitrogen and oxygen atoms in total. The molecule has 3 rings (SSSR count). The Morgan fingerprint density at radius 2 is 1.77 bits per heavy atom. The molecule has 1 atom stereocenters. The minimum atomic E-state index is 0.647. The molecule has 0 radical (unpaired) electrons. The van der Waals surface area contributed by atoms with E-state index in [0.29, 0.717) is 6.04 Å². The van der Waals surface area contributed by atoms with E-state index in [1.807, 2.05) is 12.3 Å². The molecule has 1 aromatic heterocycles. The zero-order chi connectivity index (χ0) is 24.7. The number of fused-ring (bicyclic) bond motifs is 1. The number of rotatable bonds is 17. The topological polar surface area (TPSA) is 46.6 Å². The molecule has 0 amide bonds. The zero-order valence-corrected chi connectivity index (χ0v) is 22.4. The summed E-state index contributed by atoms with van der Waals surface area (Å²) < 4.78 is 11.2. The van der Waals surface area contributed by atoms with Crippen LogP contribution in [0.5, 0.6) is 11.5 Å². The van der Waals surface area contributed by atoms with Crippen LogP contribution in [0.2, 0.25) is 0 Å². The molecule has 1 aliphatic rings. The number of nitrogens with zero attached hydrogens (tertiary/aromatic N) is 2.